The molecule has 0 fully saturated rings. The Morgan fingerprint density at radius 2 is 1.77 bits per heavy atom. The van der Waals surface area contributed by atoms with Gasteiger partial charge >= 0.3 is 5.97 Å². The van der Waals surface area contributed by atoms with Gasteiger partial charge in [-0.25, -0.2) is 4.79 Å². The van der Waals surface area contributed by atoms with Gasteiger partial charge in [0.25, 0.3) is 0 Å². The summed E-state index contributed by atoms with van der Waals surface area (Å²) >= 11 is 0. The number of Topliss-reactive ketones (excluding diaryl/α,β-unsaturated/α-hetero) is 1. The zero-order valence-corrected chi connectivity index (χ0v) is 7.07. The number of carboxylic acids is 1. The van der Waals surface area contributed by atoms with Crippen LogP contribution in [0.25, 0.3) is 0 Å². The van der Waals surface area contributed by atoms with Gasteiger partial charge in [0.2, 0.25) is 0 Å². The monoisotopic (exact) mass is 179 g/mol. The Morgan fingerprint density at radius 3 is 2.23 bits per heavy atom. The molecule has 0 bridgehead atoms. The average Bonchev–Trinajstić information content (AvgIpc) is 2.03. The summed E-state index contributed by atoms with van der Waals surface area (Å²) in [6, 6.07) is 4.07. The van der Waals surface area contributed by atoms with Gasteiger partial charge in [0.05, 0.1) is 5.56 Å². The normalized spacial score (nSPS) is 9.62. The molecular weight excluding hydrogens is 170 g/mol. The zero-order valence-electron chi connectivity index (χ0n) is 7.07. The van der Waals surface area contributed by atoms with Gasteiger partial charge in [0.15, 0.2) is 5.78 Å². The van der Waals surface area contributed by atoms with E-state index < -0.39 is 5.97 Å². The standard InChI is InChI=1S/C9H9NO3/c1-5(11)6-2-7(9(12)13)4-8(10)3-6/h2-4H,10H2,1H3,(H,12,13). The first-order chi connectivity index (χ1) is 6.00. The van der Waals surface area contributed by atoms with Crippen molar-refractivity contribution in [3.63, 3.8) is 0 Å². The lowest BCUT2D eigenvalue weighted by Crippen LogP contribution is -2.02. The van der Waals surface area contributed by atoms with E-state index in [0.717, 1.165) is 0 Å². The van der Waals surface area contributed by atoms with Crippen molar-refractivity contribution in [2.24, 2.45) is 0 Å². The van der Waals surface area contributed by atoms with Gasteiger partial charge in [0, 0.05) is 11.3 Å². The predicted octanol–water partition coefficient (Wildman–Crippen LogP) is 1.17. The minimum atomic E-state index is -1.09. The van der Waals surface area contributed by atoms with E-state index in [-0.39, 0.29) is 17.0 Å². The molecule has 13 heavy (non-hydrogen) atoms. The molecule has 0 saturated carbocycles. The van der Waals surface area contributed by atoms with Crippen LogP contribution in [0.5, 0.6) is 0 Å². The van der Waals surface area contributed by atoms with Gasteiger partial charge < -0.3 is 10.8 Å². The van der Waals surface area contributed by atoms with Gasteiger partial charge in [-0.05, 0) is 25.1 Å². The Bertz CT molecular complexity index is 339. The van der Waals surface area contributed by atoms with E-state index in [1.807, 2.05) is 0 Å². The highest BCUT2D eigenvalue weighted by Crippen LogP contribution is 2.12. The van der Waals surface area contributed by atoms with Crippen LogP contribution in [0.3, 0.4) is 0 Å². The van der Waals surface area contributed by atoms with Crippen molar-refractivity contribution in [3.8, 4) is 0 Å². The first-order valence-electron chi connectivity index (χ1n) is 3.65. The van der Waals surface area contributed by atoms with Crippen molar-refractivity contribution in [1.82, 2.24) is 0 Å². The maximum Gasteiger partial charge on any atom is 0.335 e. The molecule has 68 valence electrons. The van der Waals surface area contributed by atoms with E-state index in [9.17, 15) is 9.59 Å². The minimum Gasteiger partial charge on any atom is -0.478 e. The molecule has 0 aromatic heterocycles. The number of carbonyl (C=O) groups is 2. The molecule has 3 N–H and O–H groups in total. The highest BCUT2D eigenvalue weighted by molar-refractivity contribution is 5.98. The van der Waals surface area contributed by atoms with Crippen molar-refractivity contribution < 1.29 is 14.7 Å². The highest BCUT2D eigenvalue weighted by Gasteiger charge is 2.07. The third-order valence-electron chi connectivity index (χ3n) is 1.61. The summed E-state index contributed by atoms with van der Waals surface area (Å²) in [6.07, 6.45) is 0. The van der Waals surface area contributed by atoms with E-state index in [1.165, 1.54) is 25.1 Å². The summed E-state index contributed by atoms with van der Waals surface area (Å²) in [4.78, 5) is 21.5. The van der Waals surface area contributed by atoms with Gasteiger partial charge in [0.1, 0.15) is 0 Å². The van der Waals surface area contributed by atoms with E-state index in [2.05, 4.69) is 0 Å². The van der Waals surface area contributed by atoms with Crippen molar-refractivity contribution in [2.75, 3.05) is 5.73 Å². The molecule has 0 heterocycles. The lowest BCUT2D eigenvalue weighted by molar-refractivity contribution is 0.0697. The van der Waals surface area contributed by atoms with Crippen LogP contribution < -0.4 is 5.73 Å². The summed E-state index contributed by atoms with van der Waals surface area (Å²) in [7, 11) is 0. The van der Waals surface area contributed by atoms with E-state index >= 15 is 0 Å². The van der Waals surface area contributed by atoms with Crippen LogP contribution in [-0.2, 0) is 0 Å². The molecule has 0 aliphatic heterocycles. The minimum absolute atomic E-state index is 0.0326. The van der Waals surface area contributed by atoms with Crippen LogP contribution in [0, 0.1) is 0 Å². The van der Waals surface area contributed by atoms with Crippen LogP contribution >= 0.6 is 0 Å². The van der Waals surface area contributed by atoms with E-state index in [4.69, 9.17) is 10.8 Å². The van der Waals surface area contributed by atoms with Crippen LogP contribution in [0.15, 0.2) is 18.2 Å². The van der Waals surface area contributed by atoms with Crippen molar-refractivity contribution in [1.29, 1.82) is 0 Å². The average molecular weight is 179 g/mol. The van der Waals surface area contributed by atoms with Crippen molar-refractivity contribution >= 4 is 17.4 Å². The molecule has 0 saturated heterocycles. The van der Waals surface area contributed by atoms with E-state index in [1.54, 1.807) is 0 Å². The lowest BCUT2D eigenvalue weighted by Gasteiger charge is -2.00. The number of aromatic carboxylic acids is 1. The smallest absolute Gasteiger partial charge is 0.335 e. The van der Waals surface area contributed by atoms with Gasteiger partial charge in [-0.1, -0.05) is 0 Å². The predicted molar refractivity (Wildman–Crippen MR) is 47.8 cm³/mol. The molecule has 0 aliphatic carbocycles. The maximum atomic E-state index is 10.9. The lowest BCUT2D eigenvalue weighted by atomic mass is 10.1. The number of carbonyl (C=O) groups excluding carboxylic acids is 1. The first-order valence-corrected chi connectivity index (χ1v) is 3.65. The summed E-state index contributed by atoms with van der Waals surface area (Å²) in [5, 5.41) is 8.65. The zero-order chi connectivity index (χ0) is 10.0. The Labute approximate surface area is 75.0 Å². The summed E-state index contributed by atoms with van der Waals surface area (Å²) < 4.78 is 0. The SMILES string of the molecule is CC(=O)c1cc(N)cc(C(=O)O)c1. The number of rotatable bonds is 2. The van der Waals surface area contributed by atoms with Gasteiger partial charge in [-0.15, -0.1) is 0 Å². The fourth-order valence-corrected chi connectivity index (χ4v) is 0.978. The molecule has 0 atom stereocenters. The number of anilines is 1. The van der Waals surface area contributed by atoms with Crippen LogP contribution in [-0.4, -0.2) is 16.9 Å². The summed E-state index contributed by atoms with van der Waals surface area (Å²) in [5.74, 6) is -1.29. The third kappa shape index (κ3) is 2.05. The van der Waals surface area contributed by atoms with Crippen LogP contribution in [0.4, 0.5) is 5.69 Å². The molecule has 0 radical (unpaired) electrons. The maximum absolute atomic E-state index is 10.9. The molecule has 0 aliphatic rings. The molecule has 1 rings (SSSR count). The summed E-state index contributed by atoms with van der Waals surface area (Å²) in [6.45, 7) is 1.36. The Kier molecular flexibility index (Phi) is 2.32. The Hall–Kier alpha value is -1.84. The van der Waals surface area contributed by atoms with E-state index in [0.29, 0.717) is 5.56 Å². The van der Waals surface area contributed by atoms with Crippen LogP contribution in [0.2, 0.25) is 0 Å². The second kappa shape index (κ2) is 3.26. The van der Waals surface area contributed by atoms with Crippen LogP contribution in [0.1, 0.15) is 27.6 Å². The van der Waals surface area contributed by atoms with Crippen molar-refractivity contribution in [2.45, 2.75) is 6.92 Å². The van der Waals surface area contributed by atoms with Crippen molar-refractivity contribution in [3.05, 3.63) is 29.3 Å². The molecule has 1 aromatic carbocycles. The topological polar surface area (TPSA) is 80.4 Å². The molecule has 0 amide bonds. The van der Waals surface area contributed by atoms with Gasteiger partial charge in [-0.3, -0.25) is 4.79 Å². The van der Waals surface area contributed by atoms with Gasteiger partial charge in [-0.2, -0.15) is 0 Å². The molecular formula is C9H9NO3. The number of hydrogen-bond acceptors (Lipinski definition) is 3. The second-order valence-corrected chi connectivity index (χ2v) is 2.71. The Balaban J connectivity index is 3.26. The first kappa shape index (κ1) is 9.25. The molecule has 4 nitrogen and oxygen atoms in total. The third-order valence-corrected chi connectivity index (χ3v) is 1.61. The quantitative estimate of drug-likeness (QED) is 0.527. The number of ketones is 1. The number of benzene rings is 1. The summed E-state index contributed by atoms with van der Waals surface area (Å²) in [5.41, 5.74) is 6.05. The number of nitrogen functional groups attached to an aromatic ring is 1. The fraction of sp³-hybridized carbons (Fsp3) is 0.111. The molecule has 1 aromatic rings. The molecule has 4 heteroatoms. The fourth-order valence-electron chi connectivity index (χ4n) is 0.978. The highest BCUT2D eigenvalue weighted by atomic mass is 16.4. The Morgan fingerprint density at radius 1 is 1.23 bits per heavy atom. The molecule has 0 unspecified atom stereocenters. The largest absolute Gasteiger partial charge is 0.478 e. The number of hydrogen-bond donors (Lipinski definition) is 2. The second-order valence-electron chi connectivity index (χ2n) is 2.71. The number of carboxylic acid groups (broad SMARTS) is 1. The number of nitrogens with two attached hydrogens (primary N) is 1. The molecule has 0 spiro atoms.